The number of likely N-dealkylation sites (tertiary alicyclic amines) is 1. The Morgan fingerprint density at radius 2 is 1.61 bits per heavy atom. The summed E-state index contributed by atoms with van der Waals surface area (Å²) >= 11 is 0. The zero-order valence-electron chi connectivity index (χ0n) is 17.9. The van der Waals surface area contributed by atoms with Crippen LogP contribution >= 0.6 is 0 Å². The Labute approximate surface area is 190 Å². The Bertz CT molecular complexity index is 1170. The van der Waals surface area contributed by atoms with E-state index < -0.39 is 0 Å². The van der Waals surface area contributed by atoms with Gasteiger partial charge in [-0.1, -0.05) is 48.5 Å². The Kier molecular flexibility index (Phi) is 5.72. The van der Waals surface area contributed by atoms with E-state index in [1.54, 1.807) is 21.7 Å². The van der Waals surface area contributed by atoms with Crippen LogP contribution in [0.3, 0.4) is 0 Å². The van der Waals surface area contributed by atoms with Crippen LogP contribution < -0.4 is 5.32 Å². The van der Waals surface area contributed by atoms with E-state index in [-0.39, 0.29) is 23.7 Å². The molecule has 4 aromatic rings. The summed E-state index contributed by atoms with van der Waals surface area (Å²) in [5.41, 5.74) is 1.70. The number of furan rings is 1. The molecule has 2 amide bonds. The first kappa shape index (κ1) is 20.7. The van der Waals surface area contributed by atoms with Crippen molar-refractivity contribution in [2.75, 3.05) is 13.1 Å². The molecule has 0 aliphatic carbocycles. The third-order valence-corrected chi connectivity index (χ3v) is 5.69. The van der Waals surface area contributed by atoms with Gasteiger partial charge in [0.25, 0.3) is 11.8 Å². The smallest absolute Gasteiger partial charge is 0.291 e. The second-order valence-corrected chi connectivity index (χ2v) is 7.89. The summed E-state index contributed by atoms with van der Waals surface area (Å²) in [5.74, 6) is 0.609. The molecule has 3 heterocycles. The van der Waals surface area contributed by atoms with Crippen molar-refractivity contribution in [3.63, 3.8) is 0 Å². The Balaban J connectivity index is 1.30. The average Bonchev–Trinajstić information content (AvgIpc) is 3.56. The van der Waals surface area contributed by atoms with Gasteiger partial charge in [-0.05, 0) is 37.1 Å². The zero-order chi connectivity index (χ0) is 22.6. The van der Waals surface area contributed by atoms with Gasteiger partial charge in [0, 0.05) is 24.7 Å². The van der Waals surface area contributed by atoms with Gasteiger partial charge < -0.3 is 14.6 Å². The van der Waals surface area contributed by atoms with E-state index in [0.29, 0.717) is 37.5 Å². The Morgan fingerprint density at radius 1 is 0.909 bits per heavy atom. The number of nitrogens with zero attached hydrogens (tertiary/aromatic N) is 4. The first-order chi connectivity index (χ1) is 16.2. The van der Waals surface area contributed by atoms with Crippen LogP contribution in [0.5, 0.6) is 0 Å². The fraction of sp³-hybridized carbons (Fsp3) is 0.200. The third-order valence-electron chi connectivity index (χ3n) is 5.69. The number of amides is 2. The topological polar surface area (TPSA) is 93.3 Å². The SMILES string of the molecule is O=C(NC1CCN(C(=O)c2ccco2)CC1)c1nc(-c2ccccc2)n(-c2ccccc2)n1. The summed E-state index contributed by atoms with van der Waals surface area (Å²) in [5, 5.41) is 7.55. The molecule has 0 bridgehead atoms. The van der Waals surface area contributed by atoms with Crippen molar-refractivity contribution in [3.8, 4) is 17.1 Å². The van der Waals surface area contributed by atoms with Crippen LogP contribution in [0.15, 0.2) is 83.5 Å². The molecular weight excluding hydrogens is 418 g/mol. The highest BCUT2D eigenvalue weighted by molar-refractivity contribution is 5.92. The first-order valence-corrected chi connectivity index (χ1v) is 10.9. The Hall–Kier alpha value is -4.20. The number of para-hydroxylation sites is 1. The van der Waals surface area contributed by atoms with Crippen LogP contribution in [0.2, 0.25) is 0 Å². The summed E-state index contributed by atoms with van der Waals surface area (Å²) < 4.78 is 6.89. The monoisotopic (exact) mass is 441 g/mol. The predicted octanol–water partition coefficient (Wildman–Crippen LogP) is 3.56. The lowest BCUT2D eigenvalue weighted by Gasteiger charge is -2.31. The van der Waals surface area contributed by atoms with Crippen LogP contribution in [0, 0.1) is 0 Å². The number of carbonyl (C=O) groups excluding carboxylic acids is 2. The molecule has 166 valence electrons. The van der Waals surface area contributed by atoms with E-state index in [1.165, 1.54) is 6.26 Å². The van der Waals surface area contributed by atoms with Gasteiger partial charge in [-0.25, -0.2) is 9.67 Å². The number of hydrogen-bond donors (Lipinski definition) is 1. The molecule has 5 rings (SSSR count). The minimum Gasteiger partial charge on any atom is -0.459 e. The van der Waals surface area contributed by atoms with Gasteiger partial charge in [-0.3, -0.25) is 9.59 Å². The summed E-state index contributed by atoms with van der Waals surface area (Å²) in [4.78, 5) is 31.8. The molecule has 8 heteroatoms. The maximum absolute atomic E-state index is 13.0. The summed E-state index contributed by atoms with van der Waals surface area (Å²) in [6, 6.07) is 22.6. The van der Waals surface area contributed by atoms with Gasteiger partial charge in [0.1, 0.15) is 0 Å². The van der Waals surface area contributed by atoms with Crippen LogP contribution in [0.1, 0.15) is 34.0 Å². The molecule has 8 nitrogen and oxygen atoms in total. The molecule has 1 aliphatic heterocycles. The number of nitrogens with one attached hydrogen (secondary N) is 1. The van der Waals surface area contributed by atoms with Crippen molar-refractivity contribution < 1.29 is 14.0 Å². The number of benzene rings is 2. The number of rotatable bonds is 5. The molecule has 0 unspecified atom stereocenters. The highest BCUT2D eigenvalue weighted by atomic mass is 16.3. The molecule has 0 atom stereocenters. The predicted molar refractivity (Wildman–Crippen MR) is 122 cm³/mol. The van der Waals surface area contributed by atoms with Crippen molar-refractivity contribution in [2.24, 2.45) is 0 Å². The fourth-order valence-corrected chi connectivity index (χ4v) is 3.96. The highest BCUT2D eigenvalue weighted by Gasteiger charge is 2.27. The lowest BCUT2D eigenvalue weighted by Crippen LogP contribution is -2.46. The van der Waals surface area contributed by atoms with Crippen molar-refractivity contribution in [2.45, 2.75) is 18.9 Å². The van der Waals surface area contributed by atoms with Gasteiger partial charge in [0.15, 0.2) is 11.6 Å². The van der Waals surface area contributed by atoms with Gasteiger partial charge in [-0.15, -0.1) is 5.10 Å². The maximum Gasteiger partial charge on any atom is 0.291 e. The molecule has 0 saturated carbocycles. The minimum atomic E-state index is -0.322. The van der Waals surface area contributed by atoms with Gasteiger partial charge in [-0.2, -0.15) is 0 Å². The van der Waals surface area contributed by atoms with E-state index in [0.717, 1.165) is 11.3 Å². The van der Waals surface area contributed by atoms with Crippen molar-refractivity contribution >= 4 is 11.8 Å². The van der Waals surface area contributed by atoms with Gasteiger partial charge in [0.2, 0.25) is 5.82 Å². The third kappa shape index (κ3) is 4.41. The molecule has 1 aliphatic rings. The summed E-state index contributed by atoms with van der Waals surface area (Å²) in [7, 11) is 0. The number of aromatic nitrogens is 3. The first-order valence-electron chi connectivity index (χ1n) is 10.9. The highest BCUT2D eigenvalue weighted by Crippen LogP contribution is 2.21. The molecular formula is C25H23N5O3. The van der Waals surface area contributed by atoms with Crippen molar-refractivity contribution in [3.05, 3.63) is 90.6 Å². The number of piperidine rings is 1. The van der Waals surface area contributed by atoms with Crippen LogP contribution in [0.4, 0.5) is 0 Å². The van der Waals surface area contributed by atoms with E-state index in [2.05, 4.69) is 15.4 Å². The molecule has 1 N–H and O–H groups in total. The Morgan fingerprint density at radius 3 is 2.27 bits per heavy atom. The quantitative estimate of drug-likeness (QED) is 0.511. The normalized spacial score (nSPS) is 14.2. The zero-order valence-corrected chi connectivity index (χ0v) is 17.9. The maximum atomic E-state index is 13.0. The van der Waals surface area contributed by atoms with Crippen LogP contribution in [0.25, 0.3) is 17.1 Å². The lowest BCUT2D eigenvalue weighted by atomic mass is 10.0. The second-order valence-electron chi connectivity index (χ2n) is 7.89. The van der Waals surface area contributed by atoms with Crippen molar-refractivity contribution in [1.82, 2.24) is 25.0 Å². The molecule has 0 spiro atoms. The minimum absolute atomic E-state index is 0.0537. The number of hydrogen-bond acceptors (Lipinski definition) is 5. The molecule has 0 radical (unpaired) electrons. The van der Waals surface area contributed by atoms with E-state index in [9.17, 15) is 9.59 Å². The molecule has 2 aromatic heterocycles. The number of carbonyl (C=O) groups is 2. The summed E-state index contributed by atoms with van der Waals surface area (Å²) in [6.45, 7) is 1.09. The molecule has 1 fully saturated rings. The van der Waals surface area contributed by atoms with E-state index >= 15 is 0 Å². The van der Waals surface area contributed by atoms with Crippen LogP contribution in [-0.4, -0.2) is 50.6 Å². The van der Waals surface area contributed by atoms with Gasteiger partial charge >= 0.3 is 0 Å². The summed E-state index contributed by atoms with van der Waals surface area (Å²) in [6.07, 6.45) is 2.80. The fourth-order valence-electron chi connectivity index (χ4n) is 3.96. The van der Waals surface area contributed by atoms with E-state index in [4.69, 9.17) is 4.42 Å². The molecule has 1 saturated heterocycles. The largest absolute Gasteiger partial charge is 0.459 e. The molecule has 2 aromatic carbocycles. The average molecular weight is 441 g/mol. The molecule has 33 heavy (non-hydrogen) atoms. The van der Waals surface area contributed by atoms with Gasteiger partial charge in [0.05, 0.1) is 12.0 Å². The van der Waals surface area contributed by atoms with E-state index in [1.807, 2.05) is 60.7 Å². The second kappa shape index (κ2) is 9.12. The van der Waals surface area contributed by atoms with Crippen LogP contribution in [-0.2, 0) is 0 Å². The lowest BCUT2D eigenvalue weighted by molar-refractivity contribution is 0.0666. The standard InChI is InChI=1S/C25H23N5O3/c31-24(26-19-13-15-29(16-14-19)25(32)21-12-7-17-33-21)22-27-23(18-8-3-1-4-9-18)30(28-22)20-10-5-2-6-11-20/h1-12,17,19H,13-16H2,(H,26,31). The van der Waals surface area contributed by atoms with Crippen molar-refractivity contribution in [1.29, 1.82) is 0 Å².